The summed E-state index contributed by atoms with van der Waals surface area (Å²) >= 11 is 0. The molecule has 1 fully saturated rings. The molecule has 0 aromatic carbocycles. The van der Waals surface area contributed by atoms with E-state index in [1.807, 2.05) is 20.8 Å². The van der Waals surface area contributed by atoms with E-state index in [2.05, 4.69) is 0 Å². The zero-order valence-electron chi connectivity index (χ0n) is 10.3. The van der Waals surface area contributed by atoms with Gasteiger partial charge >= 0.3 is 8.56 Å². The molecule has 3 nitrogen and oxygen atoms in total. The second-order valence-corrected chi connectivity index (χ2v) is 7.21. The van der Waals surface area contributed by atoms with Crippen LogP contribution in [-0.4, -0.2) is 34.1 Å². The summed E-state index contributed by atoms with van der Waals surface area (Å²) in [6.45, 7) is 8.40. The Balaban J connectivity index is 2.68. The highest BCUT2D eigenvalue weighted by molar-refractivity contribution is 6.69. The minimum Gasteiger partial charge on any atom is -0.393 e. The molecule has 0 N–H and O–H groups in total. The minimum absolute atomic E-state index is 0.246. The zero-order chi connectivity index (χ0) is 11.1. The van der Waals surface area contributed by atoms with Crippen molar-refractivity contribution in [2.24, 2.45) is 0 Å². The van der Waals surface area contributed by atoms with E-state index in [1.165, 1.54) is 12.8 Å². The average molecular weight is 232 g/mol. The van der Waals surface area contributed by atoms with Gasteiger partial charge in [0, 0.05) is 19.8 Å². The van der Waals surface area contributed by atoms with Crippen molar-refractivity contribution in [2.45, 2.75) is 51.8 Å². The highest BCUT2D eigenvalue weighted by Crippen LogP contribution is 2.32. The SMILES string of the molecule is CCOC1CCCC[Si]1(OCC)OCC. The van der Waals surface area contributed by atoms with E-state index in [0.717, 1.165) is 32.3 Å². The first kappa shape index (κ1) is 13.2. The molecule has 0 amide bonds. The molecule has 0 saturated carbocycles. The van der Waals surface area contributed by atoms with E-state index in [-0.39, 0.29) is 5.73 Å². The molecule has 1 aliphatic heterocycles. The van der Waals surface area contributed by atoms with E-state index in [9.17, 15) is 0 Å². The fourth-order valence-electron chi connectivity index (χ4n) is 2.35. The lowest BCUT2D eigenvalue weighted by Crippen LogP contribution is -2.56. The van der Waals surface area contributed by atoms with E-state index in [1.54, 1.807) is 0 Å². The molecule has 15 heavy (non-hydrogen) atoms. The van der Waals surface area contributed by atoms with E-state index >= 15 is 0 Å². The molecule has 0 spiro atoms. The van der Waals surface area contributed by atoms with Crippen LogP contribution >= 0.6 is 0 Å². The molecule has 1 saturated heterocycles. The molecule has 4 heteroatoms. The third kappa shape index (κ3) is 3.28. The van der Waals surface area contributed by atoms with Crippen molar-refractivity contribution < 1.29 is 13.6 Å². The van der Waals surface area contributed by atoms with Crippen molar-refractivity contribution in [1.82, 2.24) is 0 Å². The summed E-state index contributed by atoms with van der Waals surface area (Å²) in [5.74, 6) is 0. The molecule has 1 heterocycles. The van der Waals surface area contributed by atoms with Gasteiger partial charge < -0.3 is 13.6 Å². The topological polar surface area (TPSA) is 27.7 Å². The van der Waals surface area contributed by atoms with Crippen molar-refractivity contribution in [3.8, 4) is 0 Å². The van der Waals surface area contributed by atoms with Gasteiger partial charge in [0.25, 0.3) is 0 Å². The van der Waals surface area contributed by atoms with E-state index in [4.69, 9.17) is 13.6 Å². The molecule has 1 aliphatic rings. The van der Waals surface area contributed by atoms with Crippen LogP contribution in [0.3, 0.4) is 0 Å². The lowest BCUT2D eigenvalue weighted by Gasteiger charge is -2.39. The molecule has 1 atom stereocenters. The first-order chi connectivity index (χ1) is 7.29. The zero-order valence-corrected chi connectivity index (χ0v) is 11.3. The van der Waals surface area contributed by atoms with Crippen molar-refractivity contribution in [3.63, 3.8) is 0 Å². The lowest BCUT2D eigenvalue weighted by atomic mass is 10.2. The molecular formula is C11H24O3Si. The van der Waals surface area contributed by atoms with Crippen LogP contribution in [0.1, 0.15) is 40.0 Å². The summed E-state index contributed by atoms with van der Waals surface area (Å²) in [5.41, 5.74) is 0.246. The second kappa shape index (κ2) is 6.63. The minimum atomic E-state index is -2.06. The van der Waals surface area contributed by atoms with Gasteiger partial charge in [-0.05, 0) is 33.2 Å². The van der Waals surface area contributed by atoms with Crippen molar-refractivity contribution in [1.29, 1.82) is 0 Å². The predicted molar refractivity (Wildman–Crippen MR) is 63.1 cm³/mol. The van der Waals surface area contributed by atoms with Gasteiger partial charge in [-0.1, -0.05) is 12.8 Å². The van der Waals surface area contributed by atoms with E-state index in [0.29, 0.717) is 0 Å². The Morgan fingerprint density at radius 2 is 1.67 bits per heavy atom. The standard InChI is InChI=1S/C11H24O3Si/c1-4-12-11-9-7-8-10-15(11,13-5-2)14-6-3/h11H,4-10H2,1-3H3. The fraction of sp³-hybridized carbons (Fsp3) is 1.00. The van der Waals surface area contributed by atoms with Crippen LogP contribution in [0.2, 0.25) is 6.04 Å². The molecule has 0 aromatic heterocycles. The Bertz CT molecular complexity index is 162. The number of ether oxygens (including phenoxy) is 1. The van der Waals surface area contributed by atoms with Gasteiger partial charge in [0.1, 0.15) is 5.73 Å². The van der Waals surface area contributed by atoms with Gasteiger partial charge in [0.05, 0.1) is 0 Å². The smallest absolute Gasteiger partial charge is 0.368 e. The van der Waals surface area contributed by atoms with Crippen LogP contribution in [0.15, 0.2) is 0 Å². The third-order valence-corrected chi connectivity index (χ3v) is 6.92. The van der Waals surface area contributed by atoms with Crippen molar-refractivity contribution >= 4 is 8.56 Å². The molecular weight excluding hydrogens is 208 g/mol. The van der Waals surface area contributed by atoms with Gasteiger partial charge in [-0.25, -0.2) is 0 Å². The summed E-state index contributed by atoms with van der Waals surface area (Å²) in [7, 11) is -2.06. The highest BCUT2D eigenvalue weighted by Gasteiger charge is 2.48. The third-order valence-electron chi connectivity index (χ3n) is 2.88. The van der Waals surface area contributed by atoms with Crippen LogP contribution in [0.4, 0.5) is 0 Å². The van der Waals surface area contributed by atoms with Crippen LogP contribution in [0.5, 0.6) is 0 Å². The summed E-state index contributed by atoms with van der Waals surface area (Å²) in [6, 6.07) is 1.10. The second-order valence-electron chi connectivity index (χ2n) is 3.87. The summed E-state index contributed by atoms with van der Waals surface area (Å²) in [5, 5.41) is 0. The largest absolute Gasteiger partial charge is 0.393 e. The quantitative estimate of drug-likeness (QED) is 0.659. The van der Waals surface area contributed by atoms with Gasteiger partial charge in [-0.15, -0.1) is 0 Å². The molecule has 0 radical (unpaired) electrons. The summed E-state index contributed by atoms with van der Waals surface area (Å²) in [6.07, 6.45) is 3.59. The van der Waals surface area contributed by atoms with Crippen molar-refractivity contribution in [2.75, 3.05) is 19.8 Å². The average Bonchev–Trinajstić information content (AvgIpc) is 2.23. The molecule has 0 aromatic rings. The van der Waals surface area contributed by atoms with Crippen LogP contribution in [0, 0.1) is 0 Å². The summed E-state index contributed by atoms with van der Waals surface area (Å²) < 4.78 is 17.8. The Morgan fingerprint density at radius 3 is 2.20 bits per heavy atom. The van der Waals surface area contributed by atoms with Gasteiger partial charge in [0.15, 0.2) is 0 Å². The number of rotatable bonds is 6. The molecule has 0 bridgehead atoms. The van der Waals surface area contributed by atoms with Gasteiger partial charge in [-0.2, -0.15) is 0 Å². The Labute approximate surface area is 94.4 Å². The normalized spacial score (nSPS) is 25.4. The Kier molecular flexibility index (Phi) is 5.82. The molecule has 1 unspecified atom stereocenters. The van der Waals surface area contributed by atoms with E-state index < -0.39 is 8.56 Å². The van der Waals surface area contributed by atoms with Crippen LogP contribution < -0.4 is 0 Å². The Morgan fingerprint density at radius 1 is 1.00 bits per heavy atom. The maximum atomic E-state index is 5.97. The highest BCUT2D eigenvalue weighted by atomic mass is 28.4. The Hall–Kier alpha value is 0.0969. The first-order valence-corrected chi connectivity index (χ1v) is 8.28. The maximum absolute atomic E-state index is 5.97. The van der Waals surface area contributed by atoms with Gasteiger partial charge in [-0.3, -0.25) is 0 Å². The predicted octanol–water partition coefficient (Wildman–Crippen LogP) is 2.63. The molecule has 0 aliphatic carbocycles. The molecule has 1 rings (SSSR count). The lowest BCUT2D eigenvalue weighted by molar-refractivity contribution is 0.0396. The monoisotopic (exact) mass is 232 g/mol. The maximum Gasteiger partial charge on any atom is 0.368 e. The van der Waals surface area contributed by atoms with Gasteiger partial charge in [0.2, 0.25) is 0 Å². The van der Waals surface area contributed by atoms with Crippen LogP contribution in [0.25, 0.3) is 0 Å². The number of hydrogen-bond acceptors (Lipinski definition) is 3. The van der Waals surface area contributed by atoms with Crippen LogP contribution in [-0.2, 0) is 13.6 Å². The number of hydrogen-bond donors (Lipinski definition) is 0. The fourth-order valence-corrected chi connectivity index (χ4v) is 6.20. The molecule has 90 valence electrons. The first-order valence-electron chi connectivity index (χ1n) is 6.18. The summed E-state index contributed by atoms with van der Waals surface area (Å²) in [4.78, 5) is 0. The van der Waals surface area contributed by atoms with Crippen molar-refractivity contribution in [3.05, 3.63) is 0 Å².